The first-order valence-electron chi connectivity index (χ1n) is 5.50. The molecular weight excluding hydrogens is 210 g/mol. The van der Waals surface area contributed by atoms with Crippen LogP contribution in [0.25, 0.3) is 0 Å². The van der Waals surface area contributed by atoms with Crippen LogP contribution in [0.3, 0.4) is 0 Å². The molecule has 0 bridgehead atoms. The average Bonchev–Trinajstić information content (AvgIpc) is 2.38. The predicted molar refractivity (Wildman–Crippen MR) is 69.9 cm³/mol. The standard InChI is InChI=1S/C15H17NO/c1-4-9-15(12-16,10-5-2)13-7-6-8-14(11-13)17-3/h4-8,11H,1-2,9-10H2,3H3. The second-order valence-electron chi connectivity index (χ2n) is 3.91. The summed E-state index contributed by atoms with van der Waals surface area (Å²) in [5.74, 6) is 0.759. The van der Waals surface area contributed by atoms with E-state index in [1.54, 1.807) is 19.3 Å². The van der Waals surface area contributed by atoms with Gasteiger partial charge in [-0.25, -0.2) is 0 Å². The third-order valence-electron chi connectivity index (χ3n) is 2.82. The molecule has 2 heteroatoms. The number of nitrogens with zero attached hydrogens (tertiary/aromatic N) is 1. The van der Waals surface area contributed by atoms with E-state index < -0.39 is 5.41 Å². The molecule has 1 aromatic rings. The van der Waals surface area contributed by atoms with E-state index in [1.165, 1.54) is 0 Å². The van der Waals surface area contributed by atoms with Crippen LogP contribution < -0.4 is 4.74 Å². The van der Waals surface area contributed by atoms with Crippen LogP contribution >= 0.6 is 0 Å². The van der Waals surface area contributed by atoms with Crippen LogP contribution in [-0.2, 0) is 5.41 Å². The summed E-state index contributed by atoms with van der Waals surface area (Å²) >= 11 is 0. The van der Waals surface area contributed by atoms with Crippen molar-refractivity contribution < 1.29 is 4.74 Å². The van der Waals surface area contributed by atoms with Gasteiger partial charge < -0.3 is 4.74 Å². The Morgan fingerprint density at radius 3 is 2.47 bits per heavy atom. The second kappa shape index (κ2) is 5.91. The number of methoxy groups -OCH3 is 1. The van der Waals surface area contributed by atoms with Crippen molar-refractivity contribution in [2.75, 3.05) is 7.11 Å². The van der Waals surface area contributed by atoms with Crippen molar-refractivity contribution in [1.29, 1.82) is 5.26 Å². The van der Waals surface area contributed by atoms with Gasteiger partial charge in [-0.1, -0.05) is 24.3 Å². The van der Waals surface area contributed by atoms with Gasteiger partial charge in [0.15, 0.2) is 0 Å². The molecule has 0 radical (unpaired) electrons. The quantitative estimate of drug-likeness (QED) is 0.695. The lowest BCUT2D eigenvalue weighted by molar-refractivity contribution is 0.412. The molecule has 17 heavy (non-hydrogen) atoms. The Balaban J connectivity index is 3.24. The largest absolute Gasteiger partial charge is 0.497 e. The van der Waals surface area contributed by atoms with Crippen molar-refractivity contribution in [3.63, 3.8) is 0 Å². The molecule has 2 nitrogen and oxygen atoms in total. The van der Waals surface area contributed by atoms with Crippen molar-refractivity contribution in [2.45, 2.75) is 18.3 Å². The van der Waals surface area contributed by atoms with E-state index in [-0.39, 0.29) is 0 Å². The molecule has 0 aliphatic carbocycles. The highest BCUT2D eigenvalue weighted by Gasteiger charge is 2.29. The van der Waals surface area contributed by atoms with Gasteiger partial charge >= 0.3 is 0 Å². The third-order valence-corrected chi connectivity index (χ3v) is 2.82. The summed E-state index contributed by atoms with van der Waals surface area (Å²) in [5.41, 5.74) is 0.358. The Bertz CT molecular complexity index is 432. The highest BCUT2D eigenvalue weighted by Crippen LogP contribution is 2.33. The van der Waals surface area contributed by atoms with Crippen molar-refractivity contribution in [3.8, 4) is 11.8 Å². The number of nitriles is 1. The lowest BCUT2D eigenvalue weighted by atomic mass is 9.76. The Labute approximate surface area is 103 Å². The normalized spacial score (nSPS) is 10.4. The molecule has 0 N–H and O–H groups in total. The second-order valence-corrected chi connectivity index (χ2v) is 3.91. The summed E-state index contributed by atoms with van der Waals surface area (Å²) in [6.45, 7) is 7.45. The van der Waals surface area contributed by atoms with Crippen molar-refractivity contribution >= 4 is 0 Å². The molecule has 0 atom stereocenters. The van der Waals surface area contributed by atoms with E-state index in [9.17, 15) is 5.26 Å². The first-order chi connectivity index (χ1) is 8.22. The number of hydrogen-bond acceptors (Lipinski definition) is 2. The molecule has 0 saturated carbocycles. The zero-order valence-electron chi connectivity index (χ0n) is 10.1. The summed E-state index contributed by atoms with van der Waals surface area (Å²) in [5, 5.41) is 9.47. The molecule has 1 rings (SSSR count). The van der Waals surface area contributed by atoms with Crippen LogP contribution in [0.1, 0.15) is 18.4 Å². The number of allylic oxidation sites excluding steroid dienone is 2. The fourth-order valence-corrected chi connectivity index (χ4v) is 1.89. The van der Waals surface area contributed by atoms with Gasteiger partial charge in [0.2, 0.25) is 0 Å². The maximum absolute atomic E-state index is 9.47. The van der Waals surface area contributed by atoms with Crippen molar-refractivity contribution in [2.24, 2.45) is 0 Å². The van der Waals surface area contributed by atoms with Gasteiger partial charge in [0, 0.05) is 0 Å². The smallest absolute Gasteiger partial charge is 0.119 e. The van der Waals surface area contributed by atoms with Gasteiger partial charge in [-0.2, -0.15) is 5.26 Å². The minimum absolute atomic E-state index is 0.585. The molecule has 0 heterocycles. The lowest BCUT2D eigenvalue weighted by Gasteiger charge is -2.24. The van der Waals surface area contributed by atoms with Crippen molar-refractivity contribution in [1.82, 2.24) is 0 Å². The molecule has 0 aromatic heterocycles. The maximum Gasteiger partial charge on any atom is 0.119 e. The molecule has 88 valence electrons. The van der Waals surface area contributed by atoms with E-state index in [2.05, 4.69) is 19.2 Å². The zero-order chi connectivity index (χ0) is 12.7. The van der Waals surface area contributed by atoms with Gasteiger partial charge in [0.1, 0.15) is 5.75 Å². The minimum atomic E-state index is -0.585. The topological polar surface area (TPSA) is 33.0 Å². The highest BCUT2D eigenvalue weighted by molar-refractivity contribution is 5.39. The molecule has 0 spiro atoms. The van der Waals surface area contributed by atoms with Crippen LogP contribution in [0.15, 0.2) is 49.6 Å². The summed E-state index contributed by atoms with van der Waals surface area (Å²) in [4.78, 5) is 0. The van der Waals surface area contributed by atoms with Gasteiger partial charge in [-0.15, -0.1) is 13.2 Å². The van der Waals surface area contributed by atoms with E-state index in [0.29, 0.717) is 12.8 Å². The molecule has 0 fully saturated rings. The Morgan fingerprint density at radius 1 is 1.35 bits per heavy atom. The fraction of sp³-hybridized carbons (Fsp3) is 0.267. The zero-order valence-corrected chi connectivity index (χ0v) is 10.1. The molecule has 0 amide bonds. The van der Waals surface area contributed by atoms with E-state index in [1.807, 2.05) is 24.3 Å². The van der Waals surface area contributed by atoms with Crippen LogP contribution in [0.2, 0.25) is 0 Å². The Hall–Kier alpha value is -2.01. The van der Waals surface area contributed by atoms with Gasteiger partial charge in [-0.05, 0) is 30.5 Å². The van der Waals surface area contributed by atoms with Crippen molar-refractivity contribution in [3.05, 3.63) is 55.1 Å². The monoisotopic (exact) mass is 227 g/mol. The fourth-order valence-electron chi connectivity index (χ4n) is 1.89. The Morgan fingerprint density at radius 2 is 2.00 bits per heavy atom. The molecule has 0 aliphatic heterocycles. The summed E-state index contributed by atoms with van der Waals surface area (Å²) < 4.78 is 5.19. The SMILES string of the molecule is C=CCC(C#N)(CC=C)c1cccc(OC)c1. The number of ether oxygens (including phenoxy) is 1. The van der Waals surface area contributed by atoms with Crippen LogP contribution in [-0.4, -0.2) is 7.11 Å². The predicted octanol–water partition coefficient (Wildman–Crippen LogP) is 3.61. The maximum atomic E-state index is 9.47. The average molecular weight is 227 g/mol. The van der Waals surface area contributed by atoms with Crippen LogP contribution in [0.5, 0.6) is 5.75 Å². The molecule has 0 aliphatic rings. The first kappa shape index (κ1) is 13.1. The van der Waals surface area contributed by atoms with Crippen LogP contribution in [0, 0.1) is 11.3 Å². The molecule has 0 saturated heterocycles. The number of hydrogen-bond donors (Lipinski definition) is 0. The summed E-state index contributed by atoms with van der Waals surface area (Å²) in [6.07, 6.45) is 4.74. The van der Waals surface area contributed by atoms with Gasteiger partial charge in [0.25, 0.3) is 0 Å². The third kappa shape index (κ3) is 2.76. The van der Waals surface area contributed by atoms with Gasteiger partial charge in [0.05, 0.1) is 18.6 Å². The molecule has 0 unspecified atom stereocenters. The number of benzene rings is 1. The van der Waals surface area contributed by atoms with Crippen LogP contribution in [0.4, 0.5) is 0 Å². The number of rotatable bonds is 6. The Kier molecular flexibility index (Phi) is 4.54. The molecular formula is C15H17NO. The summed E-state index contributed by atoms with van der Waals surface area (Å²) in [7, 11) is 1.62. The lowest BCUT2D eigenvalue weighted by Crippen LogP contribution is -2.22. The first-order valence-corrected chi connectivity index (χ1v) is 5.50. The van der Waals surface area contributed by atoms with E-state index in [0.717, 1.165) is 11.3 Å². The van der Waals surface area contributed by atoms with Gasteiger partial charge in [-0.3, -0.25) is 0 Å². The highest BCUT2D eigenvalue weighted by atomic mass is 16.5. The van der Waals surface area contributed by atoms with E-state index >= 15 is 0 Å². The molecule has 1 aromatic carbocycles. The summed E-state index contributed by atoms with van der Waals surface area (Å²) in [6, 6.07) is 9.99. The van der Waals surface area contributed by atoms with E-state index in [4.69, 9.17) is 4.74 Å². The minimum Gasteiger partial charge on any atom is -0.497 e.